The summed E-state index contributed by atoms with van der Waals surface area (Å²) >= 11 is 0. The van der Waals surface area contributed by atoms with Gasteiger partial charge in [-0.05, 0) is 49.4 Å². The topological polar surface area (TPSA) is 64.4 Å². The van der Waals surface area contributed by atoms with Crippen LogP contribution in [0.3, 0.4) is 0 Å². The van der Waals surface area contributed by atoms with Crippen LogP contribution < -0.4 is 4.74 Å². The maximum Gasteiger partial charge on any atom is 0.356 e. The summed E-state index contributed by atoms with van der Waals surface area (Å²) in [6.07, 6.45) is 2.71. The van der Waals surface area contributed by atoms with Crippen molar-refractivity contribution in [2.24, 2.45) is 5.92 Å². The van der Waals surface area contributed by atoms with E-state index in [0.29, 0.717) is 5.92 Å². The standard InChI is InChI=1S/C16H18N2O3/c1-10-3-8-14-13(9-10)15(16(19)20)17-18(14)11-4-6-12(21-2)7-5-11/h4-7,10H,3,8-9H2,1-2H3,(H,19,20). The number of hydrogen-bond donors (Lipinski definition) is 1. The Morgan fingerprint density at radius 2 is 2.10 bits per heavy atom. The number of aromatic nitrogens is 2. The lowest BCUT2D eigenvalue weighted by molar-refractivity contribution is 0.0688. The molecule has 0 saturated heterocycles. The van der Waals surface area contributed by atoms with Gasteiger partial charge in [0, 0.05) is 11.3 Å². The van der Waals surface area contributed by atoms with Gasteiger partial charge in [-0.25, -0.2) is 9.48 Å². The molecule has 1 atom stereocenters. The van der Waals surface area contributed by atoms with Crippen LogP contribution in [0.1, 0.15) is 35.1 Å². The van der Waals surface area contributed by atoms with Gasteiger partial charge in [-0.2, -0.15) is 5.10 Å². The summed E-state index contributed by atoms with van der Waals surface area (Å²) in [6.45, 7) is 2.15. The largest absolute Gasteiger partial charge is 0.497 e. The van der Waals surface area contributed by atoms with E-state index in [-0.39, 0.29) is 5.69 Å². The molecule has 0 bridgehead atoms. The fraction of sp³-hybridized carbons (Fsp3) is 0.375. The average molecular weight is 286 g/mol. The van der Waals surface area contributed by atoms with Crippen molar-refractivity contribution in [2.75, 3.05) is 7.11 Å². The fourth-order valence-electron chi connectivity index (χ4n) is 2.90. The molecule has 5 heteroatoms. The van der Waals surface area contributed by atoms with Gasteiger partial charge in [0.15, 0.2) is 5.69 Å². The van der Waals surface area contributed by atoms with Crippen molar-refractivity contribution >= 4 is 5.97 Å². The number of nitrogens with zero attached hydrogens (tertiary/aromatic N) is 2. The van der Waals surface area contributed by atoms with Crippen molar-refractivity contribution < 1.29 is 14.6 Å². The van der Waals surface area contributed by atoms with E-state index in [4.69, 9.17) is 4.74 Å². The number of carbonyl (C=O) groups is 1. The minimum Gasteiger partial charge on any atom is -0.497 e. The molecule has 0 aliphatic heterocycles. The second-order valence-corrected chi connectivity index (χ2v) is 5.54. The van der Waals surface area contributed by atoms with Crippen LogP contribution >= 0.6 is 0 Å². The minimum absolute atomic E-state index is 0.187. The molecular formula is C16H18N2O3. The number of rotatable bonds is 3. The van der Waals surface area contributed by atoms with E-state index in [1.165, 1.54) is 0 Å². The summed E-state index contributed by atoms with van der Waals surface area (Å²) in [5, 5.41) is 13.7. The lowest BCUT2D eigenvalue weighted by Crippen LogP contribution is -2.14. The van der Waals surface area contributed by atoms with Crippen LogP contribution in [0, 0.1) is 5.92 Å². The van der Waals surface area contributed by atoms with Gasteiger partial charge in [0.25, 0.3) is 0 Å². The van der Waals surface area contributed by atoms with E-state index in [1.54, 1.807) is 11.8 Å². The molecule has 21 heavy (non-hydrogen) atoms. The molecule has 1 unspecified atom stereocenters. The third-order valence-electron chi connectivity index (χ3n) is 4.04. The highest BCUT2D eigenvalue weighted by Crippen LogP contribution is 2.30. The van der Waals surface area contributed by atoms with Crippen LogP contribution in [0.2, 0.25) is 0 Å². The van der Waals surface area contributed by atoms with E-state index in [2.05, 4.69) is 12.0 Å². The smallest absolute Gasteiger partial charge is 0.356 e. The highest BCUT2D eigenvalue weighted by atomic mass is 16.5. The maximum absolute atomic E-state index is 11.4. The van der Waals surface area contributed by atoms with E-state index in [0.717, 1.165) is 42.0 Å². The maximum atomic E-state index is 11.4. The Hall–Kier alpha value is -2.30. The van der Waals surface area contributed by atoms with Crippen LogP contribution in [0.25, 0.3) is 5.69 Å². The number of hydrogen-bond acceptors (Lipinski definition) is 3. The van der Waals surface area contributed by atoms with Crippen molar-refractivity contribution in [1.29, 1.82) is 0 Å². The zero-order valence-corrected chi connectivity index (χ0v) is 12.2. The molecule has 1 heterocycles. The average Bonchev–Trinajstić information content (AvgIpc) is 2.86. The first kappa shape index (κ1) is 13.7. The Morgan fingerprint density at radius 1 is 1.38 bits per heavy atom. The Bertz CT molecular complexity index is 674. The molecule has 1 aliphatic rings. The second kappa shape index (κ2) is 5.24. The van der Waals surface area contributed by atoms with Gasteiger partial charge in [0.05, 0.1) is 12.8 Å². The first-order valence-corrected chi connectivity index (χ1v) is 7.08. The third-order valence-corrected chi connectivity index (χ3v) is 4.04. The molecule has 1 aromatic heterocycles. The van der Waals surface area contributed by atoms with Crippen LogP contribution in [-0.2, 0) is 12.8 Å². The lowest BCUT2D eigenvalue weighted by atomic mass is 9.87. The number of methoxy groups -OCH3 is 1. The van der Waals surface area contributed by atoms with Crippen molar-refractivity contribution in [2.45, 2.75) is 26.2 Å². The third kappa shape index (κ3) is 2.39. The monoisotopic (exact) mass is 286 g/mol. The minimum atomic E-state index is -0.951. The fourth-order valence-corrected chi connectivity index (χ4v) is 2.90. The molecule has 0 spiro atoms. The molecule has 0 radical (unpaired) electrons. The number of ether oxygens (including phenoxy) is 1. The first-order chi connectivity index (χ1) is 10.1. The van der Waals surface area contributed by atoms with E-state index in [1.807, 2.05) is 24.3 Å². The van der Waals surface area contributed by atoms with Gasteiger partial charge in [0.2, 0.25) is 0 Å². The highest BCUT2D eigenvalue weighted by Gasteiger charge is 2.27. The Morgan fingerprint density at radius 3 is 2.71 bits per heavy atom. The quantitative estimate of drug-likeness (QED) is 0.942. The Kier molecular flexibility index (Phi) is 3.41. The number of carboxylic acids is 1. The zero-order chi connectivity index (χ0) is 15.0. The van der Waals surface area contributed by atoms with Crippen LogP contribution in [-0.4, -0.2) is 28.0 Å². The van der Waals surface area contributed by atoms with Crippen molar-refractivity contribution in [3.05, 3.63) is 41.2 Å². The summed E-state index contributed by atoms with van der Waals surface area (Å²) in [4.78, 5) is 11.4. The first-order valence-electron chi connectivity index (χ1n) is 7.08. The summed E-state index contributed by atoms with van der Waals surface area (Å²) in [5.41, 5.74) is 2.97. The Balaban J connectivity index is 2.10. The highest BCUT2D eigenvalue weighted by molar-refractivity contribution is 5.87. The Labute approximate surface area is 123 Å². The number of aromatic carboxylic acids is 1. The summed E-state index contributed by atoms with van der Waals surface area (Å²) in [6, 6.07) is 7.51. The lowest BCUT2D eigenvalue weighted by Gasteiger charge is -2.19. The van der Waals surface area contributed by atoms with Crippen molar-refractivity contribution in [3.63, 3.8) is 0 Å². The summed E-state index contributed by atoms with van der Waals surface area (Å²) in [7, 11) is 1.62. The summed E-state index contributed by atoms with van der Waals surface area (Å²) < 4.78 is 6.92. The molecule has 0 amide bonds. The van der Waals surface area contributed by atoms with E-state index in [9.17, 15) is 9.90 Å². The van der Waals surface area contributed by atoms with Gasteiger partial charge in [-0.3, -0.25) is 0 Å². The van der Waals surface area contributed by atoms with Gasteiger partial charge < -0.3 is 9.84 Å². The molecule has 0 saturated carbocycles. The predicted octanol–water partition coefficient (Wildman–Crippen LogP) is 2.70. The molecular weight excluding hydrogens is 268 g/mol. The van der Waals surface area contributed by atoms with Gasteiger partial charge in [-0.15, -0.1) is 0 Å². The number of fused-ring (bicyclic) bond motifs is 1. The predicted molar refractivity (Wildman–Crippen MR) is 78.3 cm³/mol. The molecule has 5 nitrogen and oxygen atoms in total. The summed E-state index contributed by atoms with van der Waals surface area (Å²) in [5.74, 6) is 0.323. The van der Waals surface area contributed by atoms with Crippen molar-refractivity contribution in [3.8, 4) is 11.4 Å². The molecule has 2 aromatic rings. The van der Waals surface area contributed by atoms with Gasteiger partial charge >= 0.3 is 5.97 Å². The molecule has 1 aromatic carbocycles. The van der Waals surface area contributed by atoms with Crippen LogP contribution in [0.15, 0.2) is 24.3 Å². The molecule has 3 rings (SSSR count). The zero-order valence-electron chi connectivity index (χ0n) is 12.2. The second-order valence-electron chi connectivity index (χ2n) is 5.54. The SMILES string of the molecule is COc1ccc(-n2nc(C(=O)O)c3c2CCC(C)C3)cc1. The number of carboxylic acid groups (broad SMARTS) is 1. The van der Waals surface area contributed by atoms with E-state index < -0.39 is 5.97 Å². The van der Waals surface area contributed by atoms with Crippen LogP contribution in [0.5, 0.6) is 5.75 Å². The van der Waals surface area contributed by atoms with Gasteiger partial charge in [-0.1, -0.05) is 6.92 Å². The van der Waals surface area contributed by atoms with E-state index >= 15 is 0 Å². The number of benzene rings is 1. The normalized spacial score (nSPS) is 17.3. The van der Waals surface area contributed by atoms with Crippen LogP contribution in [0.4, 0.5) is 0 Å². The van der Waals surface area contributed by atoms with Crippen molar-refractivity contribution in [1.82, 2.24) is 9.78 Å². The molecule has 1 aliphatic carbocycles. The molecule has 1 N–H and O–H groups in total. The molecule has 0 fully saturated rings. The van der Waals surface area contributed by atoms with Gasteiger partial charge in [0.1, 0.15) is 5.75 Å². The molecule has 110 valence electrons.